The summed E-state index contributed by atoms with van der Waals surface area (Å²) in [4.78, 5) is 25.9. The fourth-order valence-electron chi connectivity index (χ4n) is 2.56. The van der Waals surface area contributed by atoms with Crippen molar-refractivity contribution in [1.29, 1.82) is 0 Å². The van der Waals surface area contributed by atoms with Crippen LogP contribution in [0.2, 0.25) is 0 Å². The summed E-state index contributed by atoms with van der Waals surface area (Å²) in [5, 5.41) is 18.8. The fourth-order valence-corrected chi connectivity index (χ4v) is 3.11. The number of H-pyrrole nitrogens is 1. The highest BCUT2D eigenvalue weighted by atomic mass is 35.5. The van der Waals surface area contributed by atoms with E-state index < -0.39 is 34.0 Å². The number of rotatable bonds is 3. The largest absolute Gasteiger partial charge is 0.394 e. The number of hydrogen-bond donors (Lipinski definition) is 3. The van der Waals surface area contributed by atoms with Crippen molar-refractivity contribution >= 4 is 23.2 Å². The Hall–Kier alpha value is -0.860. The third-order valence-corrected chi connectivity index (χ3v) is 4.73. The highest BCUT2D eigenvalue weighted by Gasteiger charge is 2.54. The van der Waals surface area contributed by atoms with Crippen LogP contribution in [0.25, 0.3) is 0 Å². The van der Waals surface area contributed by atoms with Crippen LogP contribution < -0.4 is 11.2 Å². The van der Waals surface area contributed by atoms with Crippen LogP contribution in [-0.4, -0.2) is 42.9 Å². The van der Waals surface area contributed by atoms with E-state index in [0.717, 1.165) is 0 Å². The molecular formula is C12H14Cl2N2O5. The van der Waals surface area contributed by atoms with Crippen LogP contribution in [0, 0.1) is 0 Å². The Kier molecular flexibility index (Phi) is 3.66. The molecule has 1 saturated heterocycles. The van der Waals surface area contributed by atoms with Gasteiger partial charge in [0.25, 0.3) is 5.56 Å². The zero-order chi connectivity index (χ0) is 15.4. The van der Waals surface area contributed by atoms with E-state index in [1.165, 1.54) is 10.8 Å². The number of halogens is 2. The number of nitrogens with zero attached hydrogens (tertiary/aromatic N) is 1. The molecule has 0 amide bonds. The molecule has 0 aromatic carbocycles. The van der Waals surface area contributed by atoms with Crippen LogP contribution in [0.5, 0.6) is 0 Å². The van der Waals surface area contributed by atoms with Crippen molar-refractivity contribution < 1.29 is 14.9 Å². The van der Waals surface area contributed by atoms with Crippen molar-refractivity contribution in [3.63, 3.8) is 0 Å². The van der Waals surface area contributed by atoms with Crippen molar-refractivity contribution in [2.45, 2.75) is 41.5 Å². The standard InChI is InChI=1S/C12H14Cl2N2O5/c13-12(14)2-6(12)5-3-16(11(20)15-10(5)19)9-1-7(18)8(4-17)21-9/h3,6-9,17-18H,1-2,4H2,(H,15,19,20)/t6-,7+,8-,9-/m1/s1. The molecule has 116 valence electrons. The van der Waals surface area contributed by atoms with Crippen LogP contribution >= 0.6 is 23.2 Å². The Labute approximate surface area is 129 Å². The Morgan fingerprint density at radius 1 is 1.48 bits per heavy atom. The maximum absolute atomic E-state index is 11.9. The maximum Gasteiger partial charge on any atom is 0.330 e. The molecule has 2 fully saturated rings. The van der Waals surface area contributed by atoms with Gasteiger partial charge in [-0.1, -0.05) is 0 Å². The lowest BCUT2D eigenvalue weighted by Gasteiger charge is -2.15. The van der Waals surface area contributed by atoms with Gasteiger partial charge in [0.1, 0.15) is 16.7 Å². The number of aromatic nitrogens is 2. The third kappa shape index (κ3) is 2.64. The summed E-state index contributed by atoms with van der Waals surface area (Å²) in [6.07, 6.45) is -0.421. The lowest BCUT2D eigenvalue weighted by atomic mass is 10.2. The average molecular weight is 337 g/mol. The van der Waals surface area contributed by atoms with Crippen LogP contribution in [0.1, 0.15) is 30.6 Å². The van der Waals surface area contributed by atoms with E-state index in [2.05, 4.69) is 4.98 Å². The predicted molar refractivity (Wildman–Crippen MR) is 74.7 cm³/mol. The van der Waals surface area contributed by atoms with E-state index in [9.17, 15) is 14.7 Å². The van der Waals surface area contributed by atoms with Crippen molar-refractivity contribution in [2.75, 3.05) is 6.61 Å². The van der Waals surface area contributed by atoms with E-state index >= 15 is 0 Å². The first-order chi connectivity index (χ1) is 9.83. The first-order valence-corrected chi connectivity index (χ1v) is 7.26. The van der Waals surface area contributed by atoms with Gasteiger partial charge in [0, 0.05) is 24.1 Å². The van der Waals surface area contributed by atoms with Crippen molar-refractivity contribution in [3.8, 4) is 0 Å². The lowest BCUT2D eigenvalue weighted by Crippen LogP contribution is -2.34. The zero-order valence-electron chi connectivity index (χ0n) is 10.8. The molecule has 1 aromatic rings. The monoisotopic (exact) mass is 336 g/mol. The van der Waals surface area contributed by atoms with Crippen molar-refractivity contribution in [1.82, 2.24) is 9.55 Å². The number of hydrogen-bond acceptors (Lipinski definition) is 5. The molecule has 3 rings (SSSR count). The Morgan fingerprint density at radius 2 is 2.14 bits per heavy atom. The second-order valence-corrected chi connectivity index (χ2v) is 6.93. The van der Waals surface area contributed by atoms with Gasteiger partial charge in [0.2, 0.25) is 0 Å². The number of alkyl halides is 2. The lowest BCUT2D eigenvalue weighted by molar-refractivity contribution is -0.0460. The molecule has 3 N–H and O–H groups in total. The Morgan fingerprint density at radius 3 is 2.67 bits per heavy atom. The molecule has 4 atom stereocenters. The van der Waals surface area contributed by atoms with Gasteiger partial charge in [-0.25, -0.2) is 4.79 Å². The van der Waals surface area contributed by atoms with Crippen LogP contribution in [-0.2, 0) is 4.74 Å². The summed E-state index contributed by atoms with van der Waals surface area (Å²) >= 11 is 11.9. The molecule has 7 nitrogen and oxygen atoms in total. The molecule has 1 aromatic heterocycles. The minimum absolute atomic E-state index is 0.147. The van der Waals surface area contributed by atoms with Gasteiger partial charge in [-0.15, -0.1) is 23.2 Å². The minimum Gasteiger partial charge on any atom is -0.394 e. The van der Waals surface area contributed by atoms with Gasteiger partial charge in [0.05, 0.1) is 12.7 Å². The molecule has 1 saturated carbocycles. The summed E-state index contributed by atoms with van der Waals surface area (Å²) in [5.41, 5.74) is -0.859. The number of nitrogens with one attached hydrogen (secondary N) is 1. The number of aromatic amines is 1. The van der Waals surface area contributed by atoms with Crippen molar-refractivity contribution in [2.24, 2.45) is 0 Å². The number of ether oxygens (including phenoxy) is 1. The average Bonchev–Trinajstić information content (AvgIpc) is 2.87. The predicted octanol–water partition coefficient (Wildman–Crippen LogP) is -0.161. The van der Waals surface area contributed by atoms with Gasteiger partial charge in [-0.05, 0) is 6.42 Å². The van der Waals surface area contributed by atoms with E-state index in [1.807, 2.05) is 0 Å². The molecule has 1 aliphatic carbocycles. The van der Waals surface area contributed by atoms with Gasteiger partial charge >= 0.3 is 5.69 Å². The van der Waals surface area contributed by atoms with E-state index in [-0.39, 0.29) is 18.9 Å². The molecule has 2 aliphatic rings. The summed E-state index contributed by atoms with van der Waals surface area (Å²) in [5.74, 6) is -0.337. The van der Waals surface area contributed by atoms with Gasteiger partial charge in [-0.3, -0.25) is 14.3 Å². The molecule has 21 heavy (non-hydrogen) atoms. The van der Waals surface area contributed by atoms with Crippen LogP contribution in [0.3, 0.4) is 0 Å². The smallest absolute Gasteiger partial charge is 0.330 e. The summed E-state index contributed by atoms with van der Waals surface area (Å²) in [6.45, 7) is -0.349. The van der Waals surface area contributed by atoms with Gasteiger partial charge in [0.15, 0.2) is 0 Å². The highest BCUT2D eigenvalue weighted by Crippen LogP contribution is 2.58. The van der Waals surface area contributed by atoms with Crippen molar-refractivity contribution in [3.05, 3.63) is 32.6 Å². The third-order valence-electron chi connectivity index (χ3n) is 3.89. The first-order valence-electron chi connectivity index (χ1n) is 6.51. The molecule has 9 heteroatoms. The Bertz CT molecular complexity index is 670. The first kappa shape index (κ1) is 15.1. The summed E-state index contributed by atoms with van der Waals surface area (Å²) in [7, 11) is 0. The second kappa shape index (κ2) is 5.10. The Balaban J connectivity index is 1.95. The van der Waals surface area contributed by atoms with Crippen LogP contribution in [0.15, 0.2) is 15.8 Å². The van der Waals surface area contributed by atoms with Gasteiger partial charge in [-0.2, -0.15) is 0 Å². The summed E-state index contributed by atoms with van der Waals surface area (Å²) < 4.78 is 5.62. The number of aliphatic hydroxyl groups is 2. The van der Waals surface area contributed by atoms with E-state index in [1.54, 1.807) is 0 Å². The minimum atomic E-state index is -0.987. The highest BCUT2D eigenvalue weighted by molar-refractivity contribution is 6.51. The SMILES string of the molecule is O=c1[nH]c(=O)n([C@H]2C[C@H](O)[C@@H](CO)O2)cc1[C@H]1CC1(Cl)Cl. The molecule has 0 radical (unpaired) electrons. The molecule has 0 spiro atoms. The molecule has 2 heterocycles. The fraction of sp³-hybridized carbons (Fsp3) is 0.667. The molecule has 0 unspecified atom stereocenters. The molecule has 0 bridgehead atoms. The summed E-state index contributed by atoms with van der Waals surface area (Å²) in [6, 6.07) is 0. The van der Waals surface area contributed by atoms with E-state index in [4.69, 9.17) is 33.0 Å². The molecule has 1 aliphatic heterocycles. The van der Waals surface area contributed by atoms with Gasteiger partial charge < -0.3 is 14.9 Å². The number of aliphatic hydroxyl groups excluding tert-OH is 2. The maximum atomic E-state index is 11.9. The topological polar surface area (TPSA) is 105 Å². The quantitative estimate of drug-likeness (QED) is 0.665. The second-order valence-electron chi connectivity index (χ2n) is 5.38. The van der Waals surface area contributed by atoms with Crippen LogP contribution in [0.4, 0.5) is 0 Å². The zero-order valence-corrected chi connectivity index (χ0v) is 12.3. The molecular weight excluding hydrogens is 323 g/mol. The normalized spacial score (nSPS) is 34.1. The van der Waals surface area contributed by atoms with E-state index in [0.29, 0.717) is 12.0 Å².